The summed E-state index contributed by atoms with van der Waals surface area (Å²) in [6.07, 6.45) is 1.20. The van der Waals surface area contributed by atoms with Crippen LogP contribution in [0.5, 0.6) is 0 Å². The van der Waals surface area contributed by atoms with Gasteiger partial charge in [-0.15, -0.1) is 0 Å². The first kappa shape index (κ1) is 19.1. The van der Waals surface area contributed by atoms with E-state index in [0.29, 0.717) is 17.9 Å². The Hall–Kier alpha value is -2.27. The molecule has 0 amide bonds. The molecular formula is C20H16ClFN2O3S. The first-order valence-electron chi connectivity index (χ1n) is 8.84. The van der Waals surface area contributed by atoms with E-state index < -0.39 is 33.8 Å². The Morgan fingerprint density at radius 3 is 2.46 bits per heavy atom. The average molecular weight is 419 g/mol. The number of halogens is 2. The van der Waals surface area contributed by atoms with Crippen molar-refractivity contribution in [2.24, 2.45) is 5.92 Å². The van der Waals surface area contributed by atoms with E-state index in [1.54, 1.807) is 0 Å². The molecule has 2 aromatic rings. The summed E-state index contributed by atoms with van der Waals surface area (Å²) in [4.78, 5) is 12.6. The molecule has 1 saturated carbocycles. The van der Waals surface area contributed by atoms with Crippen molar-refractivity contribution in [2.45, 2.75) is 36.2 Å². The number of carbonyl (C=O) groups is 1. The molecule has 2 heterocycles. The molecule has 3 fully saturated rings. The van der Waals surface area contributed by atoms with Crippen LogP contribution in [0.3, 0.4) is 0 Å². The lowest BCUT2D eigenvalue weighted by Crippen LogP contribution is -2.56. The number of nitriles is 1. The summed E-state index contributed by atoms with van der Waals surface area (Å²) in [6.45, 7) is 0. The Morgan fingerprint density at radius 1 is 1.14 bits per heavy atom. The summed E-state index contributed by atoms with van der Waals surface area (Å²) in [5.74, 6) is -1.33. The molecule has 2 bridgehead atoms. The van der Waals surface area contributed by atoms with Crippen molar-refractivity contribution in [3.63, 3.8) is 0 Å². The van der Waals surface area contributed by atoms with Gasteiger partial charge in [-0.1, -0.05) is 17.7 Å². The summed E-state index contributed by atoms with van der Waals surface area (Å²) in [7, 11) is -3.97. The van der Waals surface area contributed by atoms with Gasteiger partial charge in [0.15, 0.2) is 0 Å². The normalized spacial score (nSPS) is 24.9. The molecule has 5 nitrogen and oxygen atoms in total. The number of benzene rings is 2. The molecule has 3 atom stereocenters. The Balaban J connectivity index is 1.85. The number of fused-ring (bicyclic) bond motifs is 3. The van der Waals surface area contributed by atoms with Crippen LogP contribution < -0.4 is 0 Å². The fraction of sp³-hybridized carbons (Fsp3) is 0.300. The number of piperidine rings is 2. The van der Waals surface area contributed by atoms with Crippen LogP contribution in [0, 0.1) is 23.1 Å². The highest BCUT2D eigenvalue weighted by molar-refractivity contribution is 7.89. The van der Waals surface area contributed by atoms with Crippen LogP contribution in [-0.2, 0) is 14.8 Å². The Kier molecular flexibility index (Phi) is 4.74. The molecule has 28 heavy (non-hydrogen) atoms. The van der Waals surface area contributed by atoms with Gasteiger partial charge in [0.1, 0.15) is 11.6 Å². The highest BCUT2D eigenvalue weighted by Gasteiger charge is 2.52. The second-order valence-corrected chi connectivity index (χ2v) is 9.37. The van der Waals surface area contributed by atoms with Gasteiger partial charge in [0.2, 0.25) is 10.0 Å². The number of hydrogen-bond acceptors (Lipinski definition) is 4. The third kappa shape index (κ3) is 3.02. The van der Waals surface area contributed by atoms with Crippen molar-refractivity contribution >= 4 is 27.4 Å². The van der Waals surface area contributed by atoms with Crippen LogP contribution in [-0.4, -0.2) is 24.5 Å². The van der Waals surface area contributed by atoms with Gasteiger partial charge >= 0.3 is 0 Å². The van der Waals surface area contributed by atoms with Crippen molar-refractivity contribution in [3.05, 3.63) is 64.4 Å². The lowest BCUT2D eigenvalue weighted by molar-refractivity contribution is -0.133. The van der Waals surface area contributed by atoms with Crippen molar-refractivity contribution in [1.82, 2.24) is 4.31 Å². The number of carbonyl (C=O) groups excluding carboxylic acids is 1. The van der Waals surface area contributed by atoms with Crippen molar-refractivity contribution in [1.29, 1.82) is 5.26 Å². The van der Waals surface area contributed by atoms with E-state index in [1.165, 1.54) is 40.7 Å². The number of sulfonamides is 1. The average Bonchev–Trinajstić information content (AvgIpc) is 2.67. The molecular weight excluding hydrogens is 403 g/mol. The van der Waals surface area contributed by atoms with Crippen LogP contribution in [0.2, 0.25) is 5.02 Å². The van der Waals surface area contributed by atoms with Crippen molar-refractivity contribution in [2.75, 3.05) is 0 Å². The molecule has 0 aromatic heterocycles. The summed E-state index contributed by atoms with van der Waals surface area (Å²) in [6, 6.07) is 10.2. The monoisotopic (exact) mass is 418 g/mol. The maximum atomic E-state index is 14.8. The molecule has 1 aliphatic carbocycles. The van der Waals surface area contributed by atoms with Gasteiger partial charge < -0.3 is 0 Å². The molecule has 0 radical (unpaired) electrons. The SMILES string of the molecule is N#Cc1ccc([C@@H]2[C@@H]3CC[C@@H](CC3=O)N2S(=O)(=O)c2ccc(Cl)cc2)c(F)c1. The molecule has 0 N–H and O–H groups in total. The maximum absolute atomic E-state index is 14.8. The largest absolute Gasteiger partial charge is 0.299 e. The molecule has 2 saturated heterocycles. The fourth-order valence-electron chi connectivity index (χ4n) is 4.24. The van der Waals surface area contributed by atoms with Gasteiger partial charge in [0, 0.05) is 29.0 Å². The summed E-state index contributed by atoms with van der Waals surface area (Å²) >= 11 is 5.87. The second-order valence-electron chi connectivity index (χ2n) is 7.09. The first-order valence-corrected chi connectivity index (χ1v) is 10.7. The molecule has 0 unspecified atom stereocenters. The van der Waals surface area contributed by atoms with Gasteiger partial charge in [0.05, 0.1) is 22.6 Å². The highest BCUT2D eigenvalue weighted by atomic mass is 35.5. The van der Waals surface area contributed by atoms with E-state index >= 15 is 0 Å². The number of Topliss-reactive ketones (excluding diaryl/α,β-unsaturated/α-hetero) is 1. The van der Waals surface area contributed by atoms with Crippen LogP contribution >= 0.6 is 11.6 Å². The molecule has 8 heteroatoms. The predicted octanol–water partition coefficient (Wildman–Crippen LogP) is 3.83. The minimum atomic E-state index is -3.97. The van der Waals surface area contributed by atoms with Gasteiger partial charge in [-0.2, -0.15) is 9.57 Å². The maximum Gasteiger partial charge on any atom is 0.243 e. The summed E-state index contributed by atoms with van der Waals surface area (Å²) in [5.41, 5.74) is 0.264. The van der Waals surface area contributed by atoms with Crippen molar-refractivity contribution in [3.8, 4) is 6.07 Å². The van der Waals surface area contributed by atoms with E-state index in [1.807, 2.05) is 6.07 Å². The van der Waals surface area contributed by atoms with E-state index in [0.717, 1.165) is 6.07 Å². The van der Waals surface area contributed by atoms with Crippen LogP contribution in [0.4, 0.5) is 4.39 Å². The van der Waals surface area contributed by atoms with E-state index in [-0.39, 0.29) is 28.2 Å². The first-order chi connectivity index (χ1) is 13.3. The molecule has 3 aliphatic rings. The topological polar surface area (TPSA) is 78.2 Å². The number of rotatable bonds is 3. The lowest BCUT2D eigenvalue weighted by Gasteiger charge is -2.49. The van der Waals surface area contributed by atoms with Crippen LogP contribution in [0.25, 0.3) is 0 Å². The molecule has 2 aliphatic heterocycles. The zero-order chi connectivity index (χ0) is 20.1. The third-order valence-corrected chi connectivity index (χ3v) is 7.71. The smallest absolute Gasteiger partial charge is 0.243 e. The molecule has 5 rings (SSSR count). The molecule has 2 aromatic carbocycles. The standard InChI is InChI=1S/C20H16ClFN2O3S/c21-13-2-5-15(6-3-13)28(26,27)24-14-4-8-17(19(25)10-14)20(24)16-7-1-12(11-23)9-18(16)22/h1-3,5-7,9,14,17,20H,4,8,10H2/t14-,17+,20+/m0/s1. The van der Waals surface area contributed by atoms with Crippen molar-refractivity contribution < 1.29 is 17.6 Å². The van der Waals surface area contributed by atoms with E-state index in [9.17, 15) is 17.6 Å². The zero-order valence-electron chi connectivity index (χ0n) is 14.7. The van der Waals surface area contributed by atoms with E-state index in [2.05, 4.69) is 0 Å². The zero-order valence-corrected chi connectivity index (χ0v) is 16.3. The Morgan fingerprint density at radius 2 is 1.86 bits per heavy atom. The minimum Gasteiger partial charge on any atom is -0.299 e. The Bertz CT molecular complexity index is 1100. The molecule has 144 valence electrons. The van der Waals surface area contributed by atoms with Gasteiger partial charge in [-0.05, 0) is 49.2 Å². The van der Waals surface area contributed by atoms with Crippen LogP contribution in [0.15, 0.2) is 47.4 Å². The van der Waals surface area contributed by atoms with E-state index in [4.69, 9.17) is 16.9 Å². The molecule has 0 spiro atoms. The highest BCUT2D eigenvalue weighted by Crippen LogP contribution is 2.49. The lowest BCUT2D eigenvalue weighted by atomic mass is 9.73. The fourth-order valence-corrected chi connectivity index (χ4v) is 6.22. The minimum absolute atomic E-state index is 0.0486. The van der Waals surface area contributed by atoms with Gasteiger partial charge in [-0.3, -0.25) is 4.79 Å². The van der Waals surface area contributed by atoms with Gasteiger partial charge in [0.25, 0.3) is 0 Å². The van der Waals surface area contributed by atoms with Crippen LogP contribution in [0.1, 0.15) is 36.4 Å². The predicted molar refractivity (Wildman–Crippen MR) is 100 cm³/mol. The summed E-state index contributed by atoms with van der Waals surface area (Å²) in [5, 5.41) is 9.38. The number of hydrogen-bond donors (Lipinski definition) is 0. The number of nitrogens with zero attached hydrogens (tertiary/aromatic N) is 2. The Labute approximate surface area is 167 Å². The quantitative estimate of drug-likeness (QED) is 0.758. The number of ketones is 1. The summed E-state index contributed by atoms with van der Waals surface area (Å²) < 4.78 is 42.9. The second kappa shape index (κ2) is 6.96. The third-order valence-electron chi connectivity index (χ3n) is 5.51. The van der Waals surface area contributed by atoms with Gasteiger partial charge in [-0.25, -0.2) is 12.8 Å².